The number of carbonyl (C=O) groups excluding carboxylic acids is 1. The lowest BCUT2D eigenvalue weighted by molar-refractivity contribution is -0.129. The molecule has 0 spiro atoms. The van der Waals surface area contributed by atoms with Gasteiger partial charge in [-0.05, 0) is 56.2 Å². The Morgan fingerprint density at radius 2 is 1.93 bits per heavy atom. The molecule has 3 rings (SSSR count). The fourth-order valence-electron chi connectivity index (χ4n) is 2.71. The van der Waals surface area contributed by atoms with Gasteiger partial charge in [0, 0.05) is 12.3 Å². The second kappa shape index (κ2) is 9.46. The normalized spacial score (nSPS) is 15.6. The van der Waals surface area contributed by atoms with Crippen molar-refractivity contribution in [3.05, 3.63) is 54.1 Å². The van der Waals surface area contributed by atoms with Crippen LogP contribution < -0.4 is 9.47 Å². The van der Waals surface area contributed by atoms with Crippen molar-refractivity contribution < 1.29 is 14.3 Å². The number of thioether (sulfide) groups is 1. The first kappa shape index (κ1) is 19.3. The molecule has 2 aromatic rings. The monoisotopic (exact) mass is 384 g/mol. The second-order valence-corrected chi connectivity index (χ2v) is 7.18. The van der Waals surface area contributed by atoms with Gasteiger partial charge >= 0.3 is 0 Å². The number of amidine groups is 1. The summed E-state index contributed by atoms with van der Waals surface area (Å²) in [5.41, 5.74) is 1.82. The van der Waals surface area contributed by atoms with Crippen LogP contribution in [0.15, 0.2) is 53.5 Å². The SMILES string of the molecule is CCOc1ccc(N=C2SCCCN2C(=O)COc2ccccc2C)cc1. The molecule has 0 atom stereocenters. The standard InChI is InChI=1S/C21H24N2O3S/c1-3-25-18-11-9-17(10-12-18)22-21-23(13-6-14-27-21)20(24)15-26-19-8-5-4-7-16(19)2/h4-5,7-12H,3,6,13-15H2,1-2H3. The van der Waals surface area contributed by atoms with Crippen molar-refractivity contribution in [2.45, 2.75) is 20.3 Å². The van der Waals surface area contributed by atoms with E-state index < -0.39 is 0 Å². The first-order valence-electron chi connectivity index (χ1n) is 9.10. The first-order valence-corrected chi connectivity index (χ1v) is 10.1. The fraction of sp³-hybridized carbons (Fsp3) is 0.333. The number of aliphatic imine (C=N–C) groups is 1. The van der Waals surface area contributed by atoms with Gasteiger partial charge in [0.1, 0.15) is 11.5 Å². The largest absolute Gasteiger partial charge is 0.494 e. The third-order valence-corrected chi connectivity index (χ3v) is 5.17. The average molecular weight is 385 g/mol. The van der Waals surface area contributed by atoms with Crippen molar-refractivity contribution in [3.8, 4) is 11.5 Å². The molecular weight excluding hydrogens is 360 g/mol. The third-order valence-electron chi connectivity index (χ3n) is 4.11. The molecule has 0 bridgehead atoms. The van der Waals surface area contributed by atoms with E-state index in [0.717, 1.165) is 40.1 Å². The molecule has 1 amide bonds. The number of carbonyl (C=O) groups is 1. The first-order chi connectivity index (χ1) is 13.2. The van der Waals surface area contributed by atoms with Crippen LogP contribution in [0, 0.1) is 6.92 Å². The molecule has 1 aliphatic rings. The minimum absolute atomic E-state index is 0.00765. The summed E-state index contributed by atoms with van der Waals surface area (Å²) in [5, 5.41) is 0.726. The van der Waals surface area contributed by atoms with E-state index in [1.165, 1.54) is 0 Å². The maximum atomic E-state index is 12.7. The van der Waals surface area contributed by atoms with Crippen molar-refractivity contribution in [2.24, 2.45) is 4.99 Å². The summed E-state index contributed by atoms with van der Waals surface area (Å²) in [6.07, 6.45) is 0.947. The summed E-state index contributed by atoms with van der Waals surface area (Å²) in [7, 11) is 0. The quantitative estimate of drug-likeness (QED) is 0.739. The lowest BCUT2D eigenvalue weighted by atomic mass is 10.2. The minimum atomic E-state index is -0.0739. The topological polar surface area (TPSA) is 51.1 Å². The molecule has 142 valence electrons. The van der Waals surface area contributed by atoms with Crippen LogP contribution >= 0.6 is 11.8 Å². The lowest BCUT2D eigenvalue weighted by Crippen LogP contribution is -2.41. The summed E-state index contributed by atoms with van der Waals surface area (Å²) in [6.45, 7) is 5.23. The number of hydrogen-bond acceptors (Lipinski definition) is 5. The van der Waals surface area contributed by atoms with Crippen LogP contribution in [0.1, 0.15) is 18.9 Å². The Labute approximate surface area is 164 Å². The molecule has 0 N–H and O–H groups in total. The molecule has 0 aromatic heterocycles. The second-order valence-electron chi connectivity index (χ2n) is 6.12. The molecule has 5 nitrogen and oxygen atoms in total. The van der Waals surface area contributed by atoms with Crippen molar-refractivity contribution in [3.63, 3.8) is 0 Å². The fourth-order valence-corrected chi connectivity index (χ4v) is 3.69. The van der Waals surface area contributed by atoms with E-state index in [9.17, 15) is 4.79 Å². The van der Waals surface area contributed by atoms with Crippen LogP contribution in [0.3, 0.4) is 0 Å². The number of nitrogens with zero attached hydrogens (tertiary/aromatic N) is 2. The number of ether oxygens (including phenoxy) is 2. The van der Waals surface area contributed by atoms with Crippen LogP contribution in [0.2, 0.25) is 0 Å². The number of benzene rings is 2. The Morgan fingerprint density at radius 3 is 2.67 bits per heavy atom. The number of aryl methyl sites for hydroxylation is 1. The van der Waals surface area contributed by atoms with Crippen molar-refractivity contribution in [1.82, 2.24) is 4.90 Å². The van der Waals surface area contributed by atoms with E-state index in [4.69, 9.17) is 9.47 Å². The molecule has 1 fully saturated rings. The van der Waals surface area contributed by atoms with Gasteiger partial charge in [0.2, 0.25) is 0 Å². The molecule has 6 heteroatoms. The van der Waals surface area contributed by atoms with Gasteiger partial charge in [0.25, 0.3) is 5.91 Å². The molecule has 1 heterocycles. The van der Waals surface area contributed by atoms with Crippen molar-refractivity contribution >= 4 is 28.5 Å². The zero-order valence-electron chi connectivity index (χ0n) is 15.7. The van der Waals surface area contributed by atoms with E-state index in [1.54, 1.807) is 16.7 Å². The van der Waals surface area contributed by atoms with E-state index in [2.05, 4.69) is 4.99 Å². The predicted octanol–water partition coefficient (Wildman–Crippen LogP) is 4.43. The van der Waals surface area contributed by atoms with E-state index in [-0.39, 0.29) is 12.5 Å². The van der Waals surface area contributed by atoms with E-state index in [0.29, 0.717) is 13.2 Å². The van der Waals surface area contributed by atoms with Gasteiger partial charge in [0.15, 0.2) is 11.8 Å². The Bertz CT molecular complexity index is 805. The summed E-state index contributed by atoms with van der Waals surface area (Å²) in [6, 6.07) is 15.3. The van der Waals surface area contributed by atoms with E-state index >= 15 is 0 Å². The Balaban J connectivity index is 1.68. The number of hydrogen-bond donors (Lipinski definition) is 0. The highest BCUT2D eigenvalue weighted by Gasteiger charge is 2.24. The van der Waals surface area contributed by atoms with Gasteiger partial charge in [-0.1, -0.05) is 30.0 Å². The maximum Gasteiger partial charge on any atom is 0.266 e. The highest BCUT2D eigenvalue weighted by Crippen LogP contribution is 2.25. The summed E-state index contributed by atoms with van der Waals surface area (Å²) in [4.78, 5) is 19.1. The zero-order chi connectivity index (χ0) is 19.1. The molecule has 1 saturated heterocycles. The molecular formula is C21H24N2O3S. The molecule has 0 radical (unpaired) electrons. The van der Waals surface area contributed by atoms with Crippen LogP contribution in [0.5, 0.6) is 11.5 Å². The summed E-state index contributed by atoms with van der Waals surface area (Å²) in [5.74, 6) is 2.44. The predicted molar refractivity (Wildman–Crippen MR) is 110 cm³/mol. The van der Waals surface area contributed by atoms with Crippen LogP contribution in [-0.2, 0) is 4.79 Å². The van der Waals surface area contributed by atoms with E-state index in [1.807, 2.05) is 62.4 Å². The molecule has 0 aliphatic carbocycles. The minimum Gasteiger partial charge on any atom is -0.494 e. The highest BCUT2D eigenvalue weighted by atomic mass is 32.2. The lowest BCUT2D eigenvalue weighted by Gasteiger charge is -2.27. The summed E-state index contributed by atoms with van der Waals surface area (Å²) >= 11 is 1.60. The van der Waals surface area contributed by atoms with Gasteiger partial charge < -0.3 is 9.47 Å². The Kier molecular flexibility index (Phi) is 6.76. The molecule has 0 unspecified atom stereocenters. The number of rotatable bonds is 6. The molecule has 1 aliphatic heterocycles. The number of amides is 1. The van der Waals surface area contributed by atoms with Gasteiger partial charge in [0.05, 0.1) is 12.3 Å². The highest BCUT2D eigenvalue weighted by molar-refractivity contribution is 8.13. The van der Waals surface area contributed by atoms with Crippen molar-refractivity contribution in [2.75, 3.05) is 25.5 Å². The molecule has 0 saturated carbocycles. The average Bonchev–Trinajstić information content (AvgIpc) is 2.69. The molecule has 2 aromatic carbocycles. The third kappa shape index (κ3) is 5.26. The van der Waals surface area contributed by atoms with Gasteiger partial charge in [-0.3, -0.25) is 9.69 Å². The maximum absolute atomic E-state index is 12.7. The summed E-state index contributed by atoms with van der Waals surface area (Å²) < 4.78 is 11.2. The Morgan fingerprint density at radius 1 is 1.15 bits per heavy atom. The van der Waals surface area contributed by atoms with Crippen LogP contribution in [0.4, 0.5) is 5.69 Å². The van der Waals surface area contributed by atoms with Crippen LogP contribution in [-0.4, -0.2) is 41.5 Å². The zero-order valence-corrected chi connectivity index (χ0v) is 16.5. The van der Waals surface area contributed by atoms with Gasteiger partial charge in [-0.25, -0.2) is 4.99 Å². The van der Waals surface area contributed by atoms with Crippen molar-refractivity contribution in [1.29, 1.82) is 0 Å². The Hall–Kier alpha value is -2.47. The smallest absolute Gasteiger partial charge is 0.266 e. The van der Waals surface area contributed by atoms with Gasteiger partial charge in [-0.15, -0.1) is 0 Å². The van der Waals surface area contributed by atoms with Crippen LogP contribution in [0.25, 0.3) is 0 Å². The number of para-hydroxylation sites is 1. The molecule has 27 heavy (non-hydrogen) atoms. The van der Waals surface area contributed by atoms with Gasteiger partial charge in [-0.2, -0.15) is 0 Å².